The lowest BCUT2D eigenvalue weighted by Crippen LogP contribution is -2.31. The van der Waals surface area contributed by atoms with E-state index in [2.05, 4.69) is 15.3 Å². The van der Waals surface area contributed by atoms with E-state index in [0.717, 1.165) is 24.0 Å². The highest BCUT2D eigenvalue weighted by molar-refractivity contribution is 5.86. The lowest BCUT2D eigenvalue weighted by molar-refractivity contribution is -0.127. The predicted octanol–water partition coefficient (Wildman–Crippen LogP) is 1.27. The van der Waals surface area contributed by atoms with Crippen LogP contribution in [0.25, 0.3) is 11.0 Å². The number of nitrogens with one attached hydrogen (secondary N) is 1. The maximum absolute atomic E-state index is 11.8. The molecule has 5 nitrogen and oxygen atoms in total. The quantitative estimate of drug-likeness (QED) is 0.861. The fraction of sp³-hybridized carbons (Fsp3) is 0.308. The van der Waals surface area contributed by atoms with Crippen LogP contribution in [0, 0.1) is 0 Å². The molecular formula is C13H14N4O. The molecular weight excluding hydrogens is 228 g/mol. The number of aromatic nitrogens is 2. The van der Waals surface area contributed by atoms with Gasteiger partial charge < -0.3 is 10.2 Å². The highest BCUT2D eigenvalue weighted by Crippen LogP contribution is 2.16. The van der Waals surface area contributed by atoms with Crippen LogP contribution in [0.1, 0.15) is 6.42 Å². The van der Waals surface area contributed by atoms with Gasteiger partial charge in [-0.1, -0.05) is 12.1 Å². The SMILES string of the molecule is CN1CCC(Nc2cnc3ccccc3n2)C1=O. The van der Waals surface area contributed by atoms with Crippen LogP contribution in [0.2, 0.25) is 0 Å². The third kappa shape index (κ3) is 1.88. The summed E-state index contributed by atoms with van der Waals surface area (Å²) in [5.41, 5.74) is 1.69. The van der Waals surface area contributed by atoms with E-state index in [0.29, 0.717) is 5.82 Å². The third-order valence-corrected chi connectivity index (χ3v) is 3.20. The zero-order valence-corrected chi connectivity index (χ0v) is 10.1. The number of hydrogen-bond acceptors (Lipinski definition) is 4. The third-order valence-electron chi connectivity index (χ3n) is 3.20. The van der Waals surface area contributed by atoms with Crippen molar-refractivity contribution in [3.05, 3.63) is 30.5 Å². The molecule has 92 valence electrons. The highest BCUT2D eigenvalue weighted by atomic mass is 16.2. The molecule has 5 heteroatoms. The molecule has 1 amide bonds. The number of benzene rings is 1. The van der Waals surface area contributed by atoms with Crippen LogP contribution in [-0.2, 0) is 4.79 Å². The number of likely N-dealkylation sites (tertiary alicyclic amines) is 1. The monoisotopic (exact) mass is 242 g/mol. The van der Waals surface area contributed by atoms with Gasteiger partial charge in [0.25, 0.3) is 0 Å². The van der Waals surface area contributed by atoms with Crippen LogP contribution in [0.3, 0.4) is 0 Å². The van der Waals surface area contributed by atoms with Crippen molar-refractivity contribution in [2.75, 3.05) is 18.9 Å². The van der Waals surface area contributed by atoms with Crippen molar-refractivity contribution in [3.8, 4) is 0 Å². The molecule has 1 unspecified atom stereocenters. The van der Waals surface area contributed by atoms with Crippen LogP contribution in [0.5, 0.6) is 0 Å². The molecule has 1 aromatic carbocycles. The fourth-order valence-corrected chi connectivity index (χ4v) is 2.16. The standard InChI is InChI=1S/C13H14N4O/c1-17-7-6-11(13(17)18)16-12-8-14-9-4-2-3-5-10(9)15-12/h2-5,8,11H,6-7H2,1H3,(H,15,16). The van der Waals surface area contributed by atoms with E-state index in [1.807, 2.05) is 31.3 Å². The second kappa shape index (κ2) is 4.25. The molecule has 0 radical (unpaired) electrons. The Morgan fingerprint density at radius 1 is 1.33 bits per heavy atom. The van der Waals surface area contributed by atoms with E-state index in [4.69, 9.17) is 0 Å². The lowest BCUT2D eigenvalue weighted by atomic mass is 10.2. The van der Waals surface area contributed by atoms with Crippen molar-refractivity contribution in [3.63, 3.8) is 0 Å². The first-order valence-corrected chi connectivity index (χ1v) is 5.97. The Hall–Kier alpha value is -2.17. The van der Waals surface area contributed by atoms with Crippen LogP contribution in [-0.4, -0.2) is 40.4 Å². The lowest BCUT2D eigenvalue weighted by Gasteiger charge is -2.12. The van der Waals surface area contributed by atoms with Crippen LogP contribution >= 0.6 is 0 Å². The minimum absolute atomic E-state index is 0.116. The topological polar surface area (TPSA) is 58.1 Å². The molecule has 1 saturated heterocycles. The van der Waals surface area contributed by atoms with E-state index in [1.54, 1.807) is 11.1 Å². The molecule has 0 saturated carbocycles. The average Bonchev–Trinajstić information content (AvgIpc) is 2.71. The van der Waals surface area contributed by atoms with E-state index in [1.165, 1.54) is 0 Å². The number of rotatable bonds is 2. The highest BCUT2D eigenvalue weighted by Gasteiger charge is 2.29. The van der Waals surface area contributed by atoms with Crippen molar-refractivity contribution >= 4 is 22.8 Å². The maximum Gasteiger partial charge on any atom is 0.244 e. The van der Waals surface area contributed by atoms with Crippen molar-refractivity contribution < 1.29 is 4.79 Å². The number of anilines is 1. The predicted molar refractivity (Wildman–Crippen MR) is 69.2 cm³/mol. The molecule has 1 aliphatic heterocycles. The number of likely N-dealkylation sites (N-methyl/N-ethyl adjacent to an activating group) is 1. The second-order valence-corrected chi connectivity index (χ2v) is 4.49. The van der Waals surface area contributed by atoms with Crippen molar-refractivity contribution in [2.45, 2.75) is 12.5 Å². The van der Waals surface area contributed by atoms with Gasteiger partial charge in [-0.25, -0.2) is 4.98 Å². The summed E-state index contributed by atoms with van der Waals surface area (Å²) in [4.78, 5) is 22.3. The average molecular weight is 242 g/mol. The van der Waals surface area contributed by atoms with Gasteiger partial charge in [-0.2, -0.15) is 0 Å². The number of carbonyl (C=O) groups excluding carboxylic acids is 1. The van der Waals surface area contributed by atoms with E-state index in [-0.39, 0.29) is 11.9 Å². The first-order valence-electron chi connectivity index (χ1n) is 5.97. The molecule has 0 aliphatic carbocycles. The molecule has 1 aromatic heterocycles. The molecule has 1 atom stereocenters. The van der Waals surface area contributed by atoms with Crippen LogP contribution in [0.4, 0.5) is 5.82 Å². The summed E-state index contributed by atoms with van der Waals surface area (Å²) in [5.74, 6) is 0.771. The fourth-order valence-electron chi connectivity index (χ4n) is 2.16. The summed E-state index contributed by atoms with van der Waals surface area (Å²) in [6, 6.07) is 7.51. The number of amides is 1. The summed E-state index contributed by atoms with van der Waals surface area (Å²) in [5, 5.41) is 3.15. The zero-order valence-electron chi connectivity index (χ0n) is 10.1. The van der Waals surface area contributed by atoms with E-state index in [9.17, 15) is 4.79 Å². The van der Waals surface area contributed by atoms with Gasteiger partial charge in [0.2, 0.25) is 5.91 Å². The van der Waals surface area contributed by atoms with Gasteiger partial charge in [-0.3, -0.25) is 9.78 Å². The molecule has 2 aromatic rings. The van der Waals surface area contributed by atoms with Crippen LogP contribution in [0.15, 0.2) is 30.5 Å². The smallest absolute Gasteiger partial charge is 0.244 e. The molecule has 1 N–H and O–H groups in total. The molecule has 18 heavy (non-hydrogen) atoms. The Morgan fingerprint density at radius 2 is 2.11 bits per heavy atom. The van der Waals surface area contributed by atoms with Crippen LogP contribution < -0.4 is 5.32 Å². The van der Waals surface area contributed by atoms with Gasteiger partial charge in [-0.15, -0.1) is 0 Å². The summed E-state index contributed by atoms with van der Waals surface area (Å²) >= 11 is 0. The molecule has 0 bridgehead atoms. The minimum Gasteiger partial charge on any atom is -0.357 e. The molecule has 0 spiro atoms. The van der Waals surface area contributed by atoms with Gasteiger partial charge in [0.1, 0.15) is 11.9 Å². The zero-order chi connectivity index (χ0) is 12.5. The molecule has 2 heterocycles. The Morgan fingerprint density at radius 3 is 2.83 bits per heavy atom. The Balaban J connectivity index is 1.85. The number of carbonyl (C=O) groups is 1. The Kier molecular flexibility index (Phi) is 2.59. The Labute approximate surface area is 105 Å². The summed E-state index contributed by atoms with van der Waals surface area (Å²) in [7, 11) is 1.82. The molecule has 1 fully saturated rings. The molecule has 1 aliphatic rings. The Bertz CT molecular complexity index is 598. The number of para-hydroxylation sites is 2. The van der Waals surface area contributed by atoms with E-state index >= 15 is 0 Å². The second-order valence-electron chi connectivity index (χ2n) is 4.49. The number of hydrogen-bond donors (Lipinski definition) is 1. The van der Waals surface area contributed by atoms with Gasteiger partial charge in [-0.05, 0) is 18.6 Å². The van der Waals surface area contributed by atoms with Gasteiger partial charge in [0, 0.05) is 13.6 Å². The van der Waals surface area contributed by atoms with Gasteiger partial charge >= 0.3 is 0 Å². The summed E-state index contributed by atoms with van der Waals surface area (Å²) < 4.78 is 0. The molecule has 3 rings (SSSR count). The number of nitrogens with zero attached hydrogens (tertiary/aromatic N) is 3. The van der Waals surface area contributed by atoms with Crippen molar-refractivity contribution in [1.82, 2.24) is 14.9 Å². The van der Waals surface area contributed by atoms with Crippen molar-refractivity contribution in [1.29, 1.82) is 0 Å². The van der Waals surface area contributed by atoms with Gasteiger partial charge in [0.15, 0.2) is 0 Å². The first-order chi connectivity index (χ1) is 8.74. The number of fused-ring (bicyclic) bond motifs is 1. The normalized spacial score (nSPS) is 19.5. The summed E-state index contributed by atoms with van der Waals surface area (Å²) in [6.07, 6.45) is 2.48. The van der Waals surface area contributed by atoms with Gasteiger partial charge in [0.05, 0.1) is 17.2 Å². The maximum atomic E-state index is 11.8. The first kappa shape index (κ1) is 11.0. The minimum atomic E-state index is -0.175. The largest absolute Gasteiger partial charge is 0.357 e. The van der Waals surface area contributed by atoms with E-state index < -0.39 is 0 Å². The van der Waals surface area contributed by atoms with Crippen molar-refractivity contribution in [2.24, 2.45) is 0 Å². The summed E-state index contributed by atoms with van der Waals surface area (Å²) in [6.45, 7) is 0.789.